The van der Waals surface area contributed by atoms with E-state index >= 15 is 0 Å². The van der Waals surface area contributed by atoms with Gasteiger partial charge in [0.25, 0.3) is 5.91 Å². The van der Waals surface area contributed by atoms with Crippen LogP contribution in [0, 0.1) is 0 Å². The first-order valence-electron chi connectivity index (χ1n) is 4.31. The predicted molar refractivity (Wildman–Crippen MR) is 55.2 cm³/mol. The Morgan fingerprint density at radius 2 is 2.25 bits per heavy atom. The van der Waals surface area contributed by atoms with E-state index in [4.69, 9.17) is 21.8 Å². The van der Waals surface area contributed by atoms with Gasteiger partial charge in [-0.2, -0.15) is 0 Å². The maximum Gasteiger partial charge on any atom is 0.328 e. The van der Waals surface area contributed by atoms with Crippen molar-refractivity contribution in [1.29, 1.82) is 0 Å². The van der Waals surface area contributed by atoms with Crippen LogP contribution in [0.25, 0.3) is 0 Å². The molecule has 1 aromatic heterocycles. The van der Waals surface area contributed by atoms with Gasteiger partial charge in [0.05, 0.1) is 12.2 Å². The SMILES string of the molecule is O=C(N[C@H](CO)C(=O)O)c1cccnc1Cl. The number of aliphatic hydroxyl groups excluding tert-OH is 1. The fourth-order valence-corrected chi connectivity index (χ4v) is 1.18. The lowest BCUT2D eigenvalue weighted by Crippen LogP contribution is -2.43. The van der Waals surface area contributed by atoms with Gasteiger partial charge in [0.1, 0.15) is 5.15 Å². The summed E-state index contributed by atoms with van der Waals surface area (Å²) in [5, 5.41) is 19.4. The normalized spacial score (nSPS) is 11.9. The molecule has 1 aromatic rings. The molecule has 0 unspecified atom stereocenters. The highest BCUT2D eigenvalue weighted by molar-refractivity contribution is 6.32. The van der Waals surface area contributed by atoms with Gasteiger partial charge in [-0.15, -0.1) is 0 Å². The van der Waals surface area contributed by atoms with Gasteiger partial charge in [-0.1, -0.05) is 11.6 Å². The number of aliphatic hydroxyl groups is 1. The van der Waals surface area contributed by atoms with Gasteiger partial charge in [0, 0.05) is 6.20 Å². The van der Waals surface area contributed by atoms with Crippen LogP contribution in [0.15, 0.2) is 18.3 Å². The topological polar surface area (TPSA) is 99.5 Å². The monoisotopic (exact) mass is 244 g/mol. The fourth-order valence-electron chi connectivity index (χ4n) is 0.977. The van der Waals surface area contributed by atoms with E-state index in [0.29, 0.717) is 0 Å². The average molecular weight is 245 g/mol. The van der Waals surface area contributed by atoms with Crippen LogP contribution in [0.4, 0.5) is 0 Å². The number of nitrogens with zero attached hydrogens (tertiary/aromatic N) is 1. The summed E-state index contributed by atoms with van der Waals surface area (Å²) in [6, 6.07) is 1.54. The van der Waals surface area contributed by atoms with Crippen molar-refractivity contribution in [3.8, 4) is 0 Å². The molecule has 0 aromatic carbocycles. The van der Waals surface area contributed by atoms with Crippen molar-refractivity contribution in [3.63, 3.8) is 0 Å². The first kappa shape index (κ1) is 12.4. The Balaban J connectivity index is 2.80. The number of hydrogen-bond donors (Lipinski definition) is 3. The minimum Gasteiger partial charge on any atom is -0.480 e. The molecule has 1 rings (SSSR count). The van der Waals surface area contributed by atoms with Crippen LogP contribution in [0.5, 0.6) is 0 Å². The number of rotatable bonds is 4. The van der Waals surface area contributed by atoms with Crippen LogP contribution in [0.1, 0.15) is 10.4 Å². The molecule has 86 valence electrons. The zero-order chi connectivity index (χ0) is 12.1. The molecule has 0 aliphatic heterocycles. The molecule has 1 heterocycles. The molecule has 0 fully saturated rings. The number of carbonyl (C=O) groups is 2. The standard InChI is InChI=1S/C9H9ClN2O4/c10-7-5(2-1-3-11-7)8(14)12-6(4-13)9(15)16/h1-3,6,13H,4H2,(H,12,14)(H,15,16)/t6-/m1/s1. The quantitative estimate of drug-likeness (QED) is 0.643. The van der Waals surface area contributed by atoms with Gasteiger partial charge in [-0.3, -0.25) is 4.79 Å². The molecule has 0 saturated heterocycles. The highest BCUT2D eigenvalue weighted by Gasteiger charge is 2.20. The number of amides is 1. The Labute approximate surface area is 95.9 Å². The van der Waals surface area contributed by atoms with Crippen molar-refractivity contribution >= 4 is 23.5 Å². The minimum absolute atomic E-state index is 0.0259. The largest absolute Gasteiger partial charge is 0.480 e. The Kier molecular flexibility index (Phi) is 4.21. The Morgan fingerprint density at radius 1 is 1.56 bits per heavy atom. The highest BCUT2D eigenvalue weighted by Crippen LogP contribution is 2.11. The number of carbonyl (C=O) groups excluding carboxylic acids is 1. The number of carboxylic acids is 1. The lowest BCUT2D eigenvalue weighted by atomic mass is 10.2. The summed E-state index contributed by atoms with van der Waals surface area (Å²) in [4.78, 5) is 25.8. The van der Waals surface area contributed by atoms with Crippen molar-refractivity contribution in [2.75, 3.05) is 6.61 Å². The summed E-state index contributed by atoms with van der Waals surface area (Å²) < 4.78 is 0. The molecule has 6 nitrogen and oxygen atoms in total. The van der Waals surface area contributed by atoms with Crippen LogP contribution < -0.4 is 5.32 Å². The predicted octanol–water partition coefficient (Wildman–Crippen LogP) is -0.0897. The second-order valence-corrected chi connectivity index (χ2v) is 3.25. The van der Waals surface area contributed by atoms with Crippen LogP contribution in [0.3, 0.4) is 0 Å². The average Bonchev–Trinajstić information content (AvgIpc) is 2.25. The van der Waals surface area contributed by atoms with Crippen molar-refractivity contribution in [2.24, 2.45) is 0 Å². The molecule has 3 N–H and O–H groups in total. The van der Waals surface area contributed by atoms with E-state index in [-0.39, 0.29) is 10.7 Å². The number of hydrogen-bond acceptors (Lipinski definition) is 4. The first-order valence-corrected chi connectivity index (χ1v) is 4.69. The van der Waals surface area contributed by atoms with Gasteiger partial charge in [-0.25, -0.2) is 9.78 Å². The van der Waals surface area contributed by atoms with E-state index in [1.165, 1.54) is 18.3 Å². The molecule has 0 aliphatic carbocycles. The highest BCUT2D eigenvalue weighted by atomic mass is 35.5. The molecular formula is C9H9ClN2O4. The third kappa shape index (κ3) is 2.91. The van der Waals surface area contributed by atoms with Gasteiger partial charge in [0.15, 0.2) is 6.04 Å². The molecule has 1 amide bonds. The molecule has 0 aliphatic rings. The maximum absolute atomic E-state index is 11.5. The molecular weight excluding hydrogens is 236 g/mol. The van der Waals surface area contributed by atoms with Crippen molar-refractivity contribution in [3.05, 3.63) is 29.0 Å². The van der Waals surface area contributed by atoms with Crippen LogP contribution >= 0.6 is 11.6 Å². The second-order valence-electron chi connectivity index (χ2n) is 2.89. The third-order valence-electron chi connectivity index (χ3n) is 1.79. The van der Waals surface area contributed by atoms with Crippen LogP contribution in [-0.2, 0) is 4.79 Å². The number of nitrogens with one attached hydrogen (secondary N) is 1. The van der Waals surface area contributed by atoms with E-state index in [1.807, 2.05) is 0 Å². The molecule has 0 radical (unpaired) electrons. The van der Waals surface area contributed by atoms with Gasteiger partial charge in [-0.05, 0) is 12.1 Å². The summed E-state index contributed by atoms with van der Waals surface area (Å²) in [5.41, 5.74) is 0.0591. The van der Waals surface area contributed by atoms with Gasteiger partial charge < -0.3 is 15.5 Å². The van der Waals surface area contributed by atoms with Crippen molar-refractivity contribution < 1.29 is 19.8 Å². The summed E-state index contributed by atoms with van der Waals surface area (Å²) in [6.45, 7) is -0.695. The molecule has 16 heavy (non-hydrogen) atoms. The molecule has 1 atom stereocenters. The number of carboxylic acid groups (broad SMARTS) is 1. The minimum atomic E-state index is -1.36. The molecule has 0 bridgehead atoms. The van der Waals surface area contributed by atoms with Crippen LogP contribution in [0.2, 0.25) is 5.15 Å². The smallest absolute Gasteiger partial charge is 0.328 e. The summed E-state index contributed by atoms with van der Waals surface area (Å²) in [5.74, 6) is -2.02. The van der Waals surface area contributed by atoms with E-state index in [2.05, 4.69) is 10.3 Å². The fraction of sp³-hybridized carbons (Fsp3) is 0.222. The Morgan fingerprint density at radius 3 is 2.75 bits per heavy atom. The van der Waals surface area contributed by atoms with E-state index in [0.717, 1.165) is 0 Å². The summed E-state index contributed by atoms with van der Waals surface area (Å²) in [6.07, 6.45) is 1.40. The van der Waals surface area contributed by atoms with E-state index < -0.39 is 24.5 Å². The first-order chi connectivity index (χ1) is 7.56. The summed E-state index contributed by atoms with van der Waals surface area (Å²) >= 11 is 5.64. The third-order valence-corrected chi connectivity index (χ3v) is 2.09. The molecule has 0 spiro atoms. The molecule has 0 saturated carbocycles. The maximum atomic E-state index is 11.5. The van der Waals surface area contributed by atoms with Crippen molar-refractivity contribution in [1.82, 2.24) is 10.3 Å². The van der Waals surface area contributed by atoms with Gasteiger partial charge in [0.2, 0.25) is 0 Å². The van der Waals surface area contributed by atoms with E-state index in [1.54, 1.807) is 0 Å². The second kappa shape index (κ2) is 5.43. The van der Waals surface area contributed by atoms with E-state index in [9.17, 15) is 9.59 Å². The summed E-state index contributed by atoms with van der Waals surface area (Å²) in [7, 11) is 0. The number of halogens is 1. The number of aliphatic carboxylic acids is 1. The van der Waals surface area contributed by atoms with Gasteiger partial charge >= 0.3 is 5.97 Å². The van der Waals surface area contributed by atoms with Crippen LogP contribution in [-0.4, -0.2) is 39.7 Å². The van der Waals surface area contributed by atoms with Crippen molar-refractivity contribution in [2.45, 2.75) is 6.04 Å². The lowest BCUT2D eigenvalue weighted by molar-refractivity contribution is -0.140. The zero-order valence-corrected chi connectivity index (χ0v) is 8.81. The lowest BCUT2D eigenvalue weighted by Gasteiger charge is -2.11. The zero-order valence-electron chi connectivity index (χ0n) is 8.05. The Hall–Kier alpha value is -1.66. The number of pyridine rings is 1. The number of aromatic nitrogens is 1. The Bertz CT molecular complexity index is 410. The molecule has 7 heteroatoms.